The van der Waals surface area contributed by atoms with Crippen LogP contribution >= 0.6 is 11.3 Å². The summed E-state index contributed by atoms with van der Waals surface area (Å²) in [7, 11) is 3.00. The summed E-state index contributed by atoms with van der Waals surface area (Å²) in [6.07, 6.45) is 3.67. The van der Waals surface area contributed by atoms with Crippen LogP contribution in [0.5, 0.6) is 0 Å². The molecule has 0 bridgehead atoms. The predicted molar refractivity (Wildman–Crippen MR) is 104 cm³/mol. The van der Waals surface area contributed by atoms with Crippen molar-refractivity contribution in [2.45, 2.75) is 13.1 Å². The lowest BCUT2D eigenvalue weighted by Crippen LogP contribution is -2.31. The molecule has 2 aromatic heterocycles. The van der Waals surface area contributed by atoms with Gasteiger partial charge in [-0.2, -0.15) is 5.10 Å². The Labute approximate surface area is 161 Å². The van der Waals surface area contributed by atoms with Gasteiger partial charge in [0.25, 0.3) is 0 Å². The van der Waals surface area contributed by atoms with E-state index < -0.39 is 5.97 Å². The molecule has 0 unspecified atom stereocenters. The Morgan fingerprint density at radius 3 is 2.74 bits per heavy atom. The minimum Gasteiger partial charge on any atom is -0.465 e. The molecule has 2 amide bonds. The van der Waals surface area contributed by atoms with Gasteiger partial charge in [-0.3, -0.25) is 4.68 Å². The van der Waals surface area contributed by atoms with Crippen molar-refractivity contribution in [1.29, 1.82) is 0 Å². The van der Waals surface area contributed by atoms with Gasteiger partial charge in [0.05, 0.1) is 32.1 Å². The molecule has 0 saturated heterocycles. The highest BCUT2D eigenvalue weighted by Crippen LogP contribution is 2.23. The molecule has 0 saturated carbocycles. The van der Waals surface area contributed by atoms with Crippen LogP contribution in [0.1, 0.15) is 20.8 Å². The van der Waals surface area contributed by atoms with E-state index in [0.29, 0.717) is 23.7 Å². The summed E-state index contributed by atoms with van der Waals surface area (Å²) in [5.74, 6) is -0.467. The number of rotatable bonds is 6. The van der Waals surface area contributed by atoms with Crippen LogP contribution in [0.4, 0.5) is 10.5 Å². The molecule has 0 aliphatic rings. The second-order valence-electron chi connectivity index (χ2n) is 5.97. The quantitative estimate of drug-likeness (QED) is 0.661. The summed E-state index contributed by atoms with van der Waals surface area (Å²) in [6.45, 7) is 1.08. The smallest absolute Gasteiger partial charge is 0.350 e. The van der Waals surface area contributed by atoms with Crippen molar-refractivity contribution in [3.05, 3.63) is 70.2 Å². The number of carbonyl (C=O) groups is 2. The number of nitrogens with one attached hydrogen (secondary N) is 1. The van der Waals surface area contributed by atoms with E-state index in [1.165, 1.54) is 23.3 Å². The number of methoxy groups -OCH3 is 1. The van der Waals surface area contributed by atoms with E-state index >= 15 is 0 Å². The van der Waals surface area contributed by atoms with Crippen molar-refractivity contribution in [3.63, 3.8) is 0 Å². The average Bonchev–Trinajstić information content (AvgIpc) is 3.31. The second kappa shape index (κ2) is 8.50. The molecule has 3 rings (SSSR count). The number of benzene rings is 1. The van der Waals surface area contributed by atoms with Crippen LogP contribution in [0.3, 0.4) is 0 Å². The molecule has 7 nitrogen and oxygen atoms in total. The largest absolute Gasteiger partial charge is 0.465 e. The topological polar surface area (TPSA) is 76.5 Å². The predicted octanol–water partition coefficient (Wildman–Crippen LogP) is 3.44. The van der Waals surface area contributed by atoms with Crippen LogP contribution in [0.2, 0.25) is 0 Å². The van der Waals surface area contributed by atoms with Gasteiger partial charge in [0.1, 0.15) is 4.88 Å². The van der Waals surface area contributed by atoms with E-state index in [1.807, 2.05) is 41.2 Å². The number of anilines is 1. The fourth-order valence-corrected chi connectivity index (χ4v) is 3.33. The SMILES string of the molecule is COC(=O)c1sccc1NC(=O)N(C)Cc1cnn(Cc2ccccc2)c1. The highest BCUT2D eigenvalue weighted by Gasteiger charge is 2.17. The van der Waals surface area contributed by atoms with Gasteiger partial charge in [0.15, 0.2) is 0 Å². The van der Waals surface area contributed by atoms with Crippen molar-refractivity contribution in [2.75, 3.05) is 19.5 Å². The molecule has 3 aromatic rings. The fourth-order valence-electron chi connectivity index (χ4n) is 2.56. The van der Waals surface area contributed by atoms with Gasteiger partial charge >= 0.3 is 12.0 Å². The fraction of sp³-hybridized carbons (Fsp3) is 0.211. The standard InChI is InChI=1S/C19H20N4O3S/c1-22(19(25)21-16-8-9-27-17(16)18(24)26-2)11-15-10-20-23(13-15)12-14-6-4-3-5-7-14/h3-10,13H,11-12H2,1-2H3,(H,21,25). The molecule has 0 aliphatic carbocycles. The first kappa shape index (κ1) is 18.7. The number of hydrogen-bond donors (Lipinski definition) is 1. The van der Waals surface area contributed by atoms with Gasteiger partial charge in [-0.25, -0.2) is 9.59 Å². The third-order valence-corrected chi connectivity index (χ3v) is 4.81. The zero-order valence-electron chi connectivity index (χ0n) is 15.1. The Morgan fingerprint density at radius 1 is 1.22 bits per heavy atom. The minimum absolute atomic E-state index is 0.311. The second-order valence-corrected chi connectivity index (χ2v) is 6.89. The third kappa shape index (κ3) is 4.73. The van der Waals surface area contributed by atoms with Crippen LogP contribution in [0.15, 0.2) is 54.2 Å². The summed E-state index contributed by atoms with van der Waals surface area (Å²) in [5, 5.41) is 8.82. The van der Waals surface area contributed by atoms with Gasteiger partial charge in [-0.15, -0.1) is 11.3 Å². The van der Waals surface area contributed by atoms with E-state index in [1.54, 1.807) is 24.7 Å². The van der Waals surface area contributed by atoms with E-state index in [2.05, 4.69) is 10.4 Å². The minimum atomic E-state index is -0.467. The number of urea groups is 1. The number of thiophene rings is 1. The Hall–Kier alpha value is -3.13. The molecule has 27 heavy (non-hydrogen) atoms. The molecule has 140 valence electrons. The van der Waals surface area contributed by atoms with E-state index in [4.69, 9.17) is 4.74 Å². The monoisotopic (exact) mass is 384 g/mol. The van der Waals surface area contributed by atoms with Gasteiger partial charge in [0, 0.05) is 18.8 Å². The number of ether oxygens (including phenoxy) is 1. The van der Waals surface area contributed by atoms with Crippen LogP contribution in [0.25, 0.3) is 0 Å². The van der Waals surface area contributed by atoms with Crippen LogP contribution in [0, 0.1) is 0 Å². The van der Waals surface area contributed by atoms with Crippen molar-refractivity contribution in [3.8, 4) is 0 Å². The lowest BCUT2D eigenvalue weighted by Gasteiger charge is -2.17. The van der Waals surface area contributed by atoms with Crippen molar-refractivity contribution < 1.29 is 14.3 Å². The third-order valence-electron chi connectivity index (χ3n) is 3.92. The number of esters is 1. The summed E-state index contributed by atoms with van der Waals surface area (Å²) in [6, 6.07) is 11.4. The number of aromatic nitrogens is 2. The van der Waals surface area contributed by atoms with Crippen LogP contribution in [-0.4, -0.2) is 40.8 Å². The van der Waals surface area contributed by atoms with Gasteiger partial charge < -0.3 is 15.0 Å². The number of carbonyl (C=O) groups excluding carboxylic acids is 2. The van der Waals surface area contributed by atoms with E-state index in [-0.39, 0.29) is 6.03 Å². The molecule has 1 N–H and O–H groups in total. The van der Waals surface area contributed by atoms with Crippen molar-refractivity contribution >= 4 is 29.0 Å². The number of hydrogen-bond acceptors (Lipinski definition) is 5. The first-order valence-electron chi connectivity index (χ1n) is 8.30. The molecule has 0 aliphatic heterocycles. The molecule has 1 aromatic carbocycles. The Balaban J connectivity index is 1.59. The first-order chi connectivity index (χ1) is 13.1. The average molecular weight is 384 g/mol. The normalized spacial score (nSPS) is 10.4. The Morgan fingerprint density at radius 2 is 2.00 bits per heavy atom. The number of amides is 2. The lowest BCUT2D eigenvalue weighted by molar-refractivity contribution is 0.0607. The zero-order valence-corrected chi connectivity index (χ0v) is 15.9. The van der Waals surface area contributed by atoms with E-state index in [9.17, 15) is 9.59 Å². The number of nitrogens with zero attached hydrogens (tertiary/aromatic N) is 3. The molecule has 0 atom stereocenters. The maximum absolute atomic E-state index is 12.4. The Kier molecular flexibility index (Phi) is 5.87. The summed E-state index contributed by atoms with van der Waals surface area (Å²) in [4.78, 5) is 26.0. The molecule has 2 heterocycles. The lowest BCUT2D eigenvalue weighted by atomic mass is 10.2. The van der Waals surface area contributed by atoms with Crippen LogP contribution in [-0.2, 0) is 17.8 Å². The molecular weight excluding hydrogens is 364 g/mol. The highest BCUT2D eigenvalue weighted by molar-refractivity contribution is 7.12. The van der Waals surface area contributed by atoms with Crippen molar-refractivity contribution in [2.24, 2.45) is 0 Å². The maximum atomic E-state index is 12.4. The Bertz CT molecular complexity index is 920. The maximum Gasteiger partial charge on any atom is 0.350 e. The summed E-state index contributed by atoms with van der Waals surface area (Å²) in [5.41, 5.74) is 2.52. The molecule has 0 spiro atoms. The summed E-state index contributed by atoms with van der Waals surface area (Å²) >= 11 is 1.22. The highest BCUT2D eigenvalue weighted by atomic mass is 32.1. The molecular formula is C19H20N4O3S. The first-order valence-corrected chi connectivity index (χ1v) is 9.18. The summed E-state index contributed by atoms with van der Waals surface area (Å²) < 4.78 is 6.56. The van der Waals surface area contributed by atoms with Crippen LogP contribution < -0.4 is 5.32 Å². The molecule has 0 radical (unpaired) electrons. The zero-order chi connectivity index (χ0) is 19.2. The van der Waals surface area contributed by atoms with Gasteiger partial charge in [-0.05, 0) is 17.0 Å². The van der Waals surface area contributed by atoms with Gasteiger partial charge in [0.2, 0.25) is 0 Å². The molecule has 8 heteroatoms. The van der Waals surface area contributed by atoms with Gasteiger partial charge in [-0.1, -0.05) is 30.3 Å². The van der Waals surface area contributed by atoms with E-state index in [0.717, 1.165) is 11.1 Å². The van der Waals surface area contributed by atoms with Crippen molar-refractivity contribution in [1.82, 2.24) is 14.7 Å². The molecule has 0 fully saturated rings.